The third-order valence-electron chi connectivity index (χ3n) is 3.25. The molecule has 0 unspecified atom stereocenters. The fourth-order valence-electron chi connectivity index (χ4n) is 2.25. The highest BCUT2D eigenvalue weighted by Crippen LogP contribution is 2.11. The molecule has 4 heteroatoms. The lowest BCUT2D eigenvalue weighted by molar-refractivity contribution is 0.506. The minimum Gasteiger partial charge on any atom is -0.448 e. The van der Waals surface area contributed by atoms with E-state index in [-0.39, 0.29) is 0 Å². The zero-order valence-corrected chi connectivity index (χ0v) is 11.5. The summed E-state index contributed by atoms with van der Waals surface area (Å²) in [6.07, 6.45) is 7.18. The summed E-state index contributed by atoms with van der Waals surface area (Å²) in [4.78, 5) is 8.85. The SMILES string of the molecule is CCc1nccn1Cc1coc(Cc2ccccc2)n1. The standard InChI is InChI=1S/C16H17N3O/c1-2-15-17-8-9-19(15)11-14-12-20-16(18-14)10-13-6-4-3-5-7-13/h3-9,12H,2,10-11H2,1H3. The summed E-state index contributed by atoms with van der Waals surface area (Å²) in [7, 11) is 0. The van der Waals surface area contributed by atoms with Crippen molar-refractivity contribution < 1.29 is 4.42 Å². The molecule has 0 fully saturated rings. The largest absolute Gasteiger partial charge is 0.448 e. The predicted molar refractivity (Wildman–Crippen MR) is 76.5 cm³/mol. The second-order valence-corrected chi connectivity index (χ2v) is 4.72. The van der Waals surface area contributed by atoms with Gasteiger partial charge in [0, 0.05) is 25.2 Å². The topological polar surface area (TPSA) is 43.9 Å². The van der Waals surface area contributed by atoms with Gasteiger partial charge in [0.25, 0.3) is 0 Å². The van der Waals surface area contributed by atoms with Crippen molar-refractivity contribution in [3.8, 4) is 0 Å². The van der Waals surface area contributed by atoms with Gasteiger partial charge >= 0.3 is 0 Å². The zero-order chi connectivity index (χ0) is 13.8. The van der Waals surface area contributed by atoms with Crippen LogP contribution in [0.15, 0.2) is 53.4 Å². The summed E-state index contributed by atoms with van der Waals surface area (Å²) in [5, 5.41) is 0. The second-order valence-electron chi connectivity index (χ2n) is 4.72. The maximum absolute atomic E-state index is 5.55. The molecular weight excluding hydrogens is 250 g/mol. The molecule has 0 spiro atoms. The Morgan fingerprint density at radius 2 is 2.05 bits per heavy atom. The average molecular weight is 267 g/mol. The van der Waals surface area contributed by atoms with Crippen LogP contribution in [0.2, 0.25) is 0 Å². The lowest BCUT2D eigenvalue weighted by Gasteiger charge is -2.02. The predicted octanol–water partition coefficient (Wildman–Crippen LogP) is 3.07. The van der Waals surface area contributed by atoms with Crippen LogP contribution in [0.1, 0.15) is 29.9 Å². The van der Waals surface area contributed by atoms with Gasteiger partial charge in [-0.15, -0.1) is 0 Å². The van der Waals surface area contributed by atoms with Gasteiger partial charge in [0.2, 0.25) is 0 Å². The van der Waals surface area contributed by atoms with E-state index in [1.807, 2.05) is 30.6 Å². The van der Waals surface area contributed by atoms with Gasteiger partial charge in [-0.1, -0.05) is 37.3 Å². The molecule has 20 heavy (non-hydrogen) atoms. The molecule has 2 aromatic heterocycles. The van der Waals surface area contributed by atoms with E-state index in [4.69, 9.17) is 4.42 Å². The smallest absolute Gasteiger partial charge is 0.198 e. The maximum atomic E-state index is 5.55. The van der Waals surface area contributed by atoms with Crippen molar-refractivity contribution in [3.63, 3.8) is 0 Å². The maximum Gasteiger partial charge on any atom is 0.198 e. The quantitative estimate of drug-likeness (QED) is 0.713. The number of oxazole rings is 1. The summed E-state index contributed by atoms with van der Waals surface area (Å²) in [5.74, 6) is 1.82. The highest BCUT2D eigenvalue weighted by atomic mass is 16.3. The number of aromatic nitrogens is 3. The van der Waals surface area contributed by atoms with Gasteiger partial charge in [0.1, 0.15) is 12.1 Å². The first-order valence-electron chi connectivity index (χ1n) is 6.82. The molecule has 2 heterocycles. The van der Waals surface area contributed by atoms with Crippen molar-refractivity contribution in [2.24, 2.45) is 0 Å². The third-order valence-corrected chi connectivity index (χ3v) is 3.25. The van der Waals surface area contributed by atoms with Crippen LogP contribution in [0.3, 0.4) is 0 Å². The Hall–Kier alpha value is -2.36. The first-order valence-corrected chi connectivity index (χ1v) is 6.82. The molecule has 0 aliphatic heterocycles. The molecular formula is C16H17N3O. The van der Waals surface area contributed by atoms with Crippen molar-refractivity contribution in [2.75, 3.05) is 0 Å². The molecule has 3 rings (SSSR count). The molecule has 0 atom stereocenters. The Kier molecular flexibility index (Phi) is 3.63. The molecule has 0 aliphatic rings. The van der Waals surface area contributed by atoms with Crippen LogP contribution in [0, 0.1) is 0 Å². The van der Waals surface area contributed by atoms with Gasteiger partial charge in [0.15, 0.2) is 5.89 Å². The van der Waals surface area contributed by atoms with Crippen LogP contribution >= 0.6 is 0 Å². The van der Waals surface area contributed by atoms with E-state index in [1.165, 1.54) is 5.56 Å². The Balaban J connectivity index is 1.71. The van der Waals surface area contributed by atoms with Crippen LogP contribution in [-0.2, 0) is 19.4 Å². The van der Waals surface area contributed by atoms with Gasteiger partial charge < -0.3 is 8.98 Å². The van der Waals surface area contributed by atoms with Crippen molar-refractivity contribution in [2.45, 2.75) is 26.3 Å². The normalized spacial score (nSPS) is 10.8. The molecule has 0 amide bonds. The molecule has 0 aliphatic carbocycles. The van der Waals surface area contributed by atoms with Crippen molar-refractivity contribution in [3.05, 3.63) is 72.0 Å². The van der Waals surface area contributed by atoms with E-state index in [9.17, 15) is 0 Å². The highest BCUT2D eigenvalue weighted by Gasteiger charge is 2.07. The van der Waals surface area contributed by atoms with Crippen LogP contribution in [0.25, 0.3) is 0 Å². The molecule has 0 saturated carbocycles. The fraction of sp³-hybridized carbons (Fsp3) is 0.250. The van der Waals surface area contributed by atoms with E-state index in [0.717, 1.165) is 30.3 Å². The van der Waals surface area contributed by atoms with E-state index >= 15 is 0 Å². The minimum absolute atomic E-state index is 0.710. The Bertz CT molecular complexity index is 670. The van der Waals surface area contributed by atoms with Crippen molar-refractivity contribution >= 4 is 0 Å². The van der Waals surface area contributed by atoms with E-state index < -0.39 is 0 Å². The van der Waals surface area contributed by atoms with Gasteiger partial charge in [-0.25, -0.2) is 9.97 Å². The number of nitrogens with zero attached hydrogens (tertiary/aromatic N) is 3. The zero-order valence-electron chi connectivity index (χ0n) is 11.5. The third kappa shape index (κ3) is 2.79. The van der Waals surface area contributed by atoms with E-state index in [1.54, 1.807) is 6.26 Å². The Labute approximate surface area is 118 Å². The first-order chi connectivity index (χ1) is 9.85. The lowest BCUT2D eigenvalue weighted by atomic mass is 10.1. The van der Waals surface area contributed by atoms with Crippen LogP contribution < -0.4 is 0 Å². The number of hydrogen-bond acceptors (Lipinski definition) is 3. The van der Waals surface area contributed by atoms with E-state index in [0.29, 0.717) is 6.54 Å². The van der Waals surface area contributed by atoms with Crippen LogP contribution in [0.4, 0.5) is 0 Å². The minimum atomic E-state index is 0.710. The summed E-state index contributed by atoms with van der Waals surface area (Å²) >= 11 is 0. The van der Waals surface area contributed by atoms with Crippen molar-refractivity contribution in [1.82, 2.24) is 14.5 Å². The van der Waals surface area contributed by atoms with Crippen LogP contribution in [-0.4, -0.2) is 14.5 Å². The molecule has 1 aromatic carbocycles. The van der Waals surface area contributed by atoms with Gasteiger partial charge in [-0.05, 0) is 5.56 Å². The molecule has 4 nitrogen and oxygen atoms in total. The fourth-order valence-corrected chi connectivity index (χ4v) is 2.25. The molecule has 102 valence electrons. The molecule has 0 bridgehead atoms. The Morgan fingerprint density at radius 1 is 1.20 bits per heavy atom. The van der Waals surface area contributed by atoms with Crippen molar-refractivity contribution in [1.29, 1.82) is 0 Å². The van der Waals surface area contributed by atoms with Gasteiger partial charge in [-0.3, -0.25) is 0 Å². The monoisotopic (exact) mass is 267 g/mol. The molecule has 0 N–H and O–H groups in total. The number of hydrogen-bond donors (Lipinski definition) is 0. The number of benzene rings is 1. The summed E-state index contributed by atoms with van der Waals surface area (Å²) in [6, 6.07) is 10.2. The number of rotatable bonds is 5. The van der Waals surface area contributed by atoms with Gasteiger partial charge in [-0.2, -0.15) is 0 Å². The average Bonchev–Trinajstić information content (AvgIpc) is 3.10. The summed E-state index contributed by atoms with van der Waals surface area (Å²) < 4.78 is 7.65. The Morgan fingerprint density at radius 3 is 2.85 bits per heavy atom. The molecule has 0 radical (unpaired) electrons. The lowest BCUT2D eigenvalue weighted by Crippen LogP contribution is -2.03. The highest BCUT2D eigenvalue weighted by molar-refractivity contribution is 5.18. The first kappa shape index (κ1) is 12.7. The van der Waals surface area contributed by atoms with E-state index in [2.05, 4.69) is 33.6 Å². The van der Waals surface area contributed by atoms with Crippen LogP contribution in [0.5, 0.6) is 0 Å². The second kappa shape index (κ2) is 5.74. The summed E-state index contributed by atoms with van der Waals surface area (Å²) in [6.45, 7) is 2.81. The number of imidazole rings is 1. The van der Waals surface area contributed by atoms with Gasteiger partial charge in [0.05, 0.1) is 12.2 Å². The number of aryl methyl sites for hydroxylation is 1. The molecule has 3 aromatic rings. The molecule has 0 saturated heterocycles. The summed E-state index contributed by atoms with van der Waals surface area (Å²) in [5.41, 5.74) is 2.14.